The van der Waals surface area contributed by atoms with E-state index in [9.17, 15) is 0 Å². The highest BCUT2D eigenvalue weighted by Crippen LogP contribution is 2.29. The fourth-order valence-electron chi connectivity index (χ4n) is 2.33. The van der Waals surface area contributed by atoms with Gasteiger partial charge in [-0.15, -0.1) is 11.3 Å². The van der Waals surface area contributed by atoms with Crippen LogP contribution in [0.5, 0.6) is 5.75 Å². The van der Waals surface area contributed by atoms with E-state index in [4.69, 9.17) is 4.74 Å². The van der Waals surface area contributed by atoms with Gasteiger partial charge in [-0.25, -0.2) is 0 Å². The number of hydrogen-bond donors (Lipinski definition) is 1. The van der Waals surface area contributed by atoms with Crippen molar-refractivity contribution in [3.63, 3.8) is 0 Å². The lowest BCUT2D eigenvalue weighted by Gasteiger charge is -2.16. The Balaban J connectivity index is 2.16. The summed E-state index contributed by atoms with van der Waals surface area (Å²) < 4.78 is 5.19. The Morgan fingerprint density at radius 3 is 2.37 bits per heavy atom. The Hall–Kier alpha value is -1.32. The van der Waals surface area contributed by atoms with Gasteiger partial charge in [-0.05, 0) is 56.6 Å². The van der Waals surface area contributed by atoms with Gasteiger partial charge in [-0.3, -0.25) is 0 Å². The van der Waals surface area contributed by atoms with Crippen molar-refractivity contribution >= 4 is 11.3 Å². The molecule has 1 aromatic carbocycles. The van der Waals surface area contributed by atoms with Crippen molar-refractivity contribution in [2.45, 2.75) is 26.3 Å². The van der Waals surface area contributed by atoms with Crippen molar-refractivity contribution in [1.82, 2.24) is 5.32 Å². The molecule has 1 atom stereocenters. The van der Waals surface area contributed by atoms with Crippen LogP contribution in [0.25, 0.3) is 0 Å². The maximum Gasteiger partial charge on any atom is 0.118 e. The van der Waals surface area contributed by atoms with Crippen molar-refractivity contribution in [1.29, 1.82) is 0 Å². The number of thiophene rings is 1. The minimum Gasteiger partial charge on any atom is -0.497 e. The molecule has 0 radical (unpaired) electrons. The molecule has 1 unspecified atom stereocenters. The van der Waals surface area contributed by atoms with Crippen LogP contribution in [0.3, 0.4) is 0 Å². The van der Waals surface area contributed by atoms with Gasteiger partial charge in [0.2, 0.25) is 0 Å². The summed E-state index contributed by atoms with van der Waals surface area (Å²) in [6.07, 6.45) is 1.00. The van der Waals surface area contributed by atoms with Gasteiger partial charge in [-0.2, -0.15) is 0 Å². The first-order chi connectivity index (χ1) is 9.13. The Labute approximate surface area is 119 Å². The lowest BCUT2D eigenvalue weighted by molar-refractivity contribution is 0.414. The molecule has 2 rings (SSSR count). The highest BCUT2D eigenvalue weighted by atomic mass is 32.1. The molecule has 0 saturated carbocycles. The van der Waals surface area contributed by atoms with Gasteiger partial charge >= 0.3 is 0 Å². The summed E-state index contributed by atoms with van der Waals surface area (Å²) in [7, 11) is 3.73. The molecule has 1 N–H and O–H groups in total. The molecular weight excluding hydrogens is 254 g/mol. The third-order valence-corrected chi connectivity index (χ3v) is 4.61. The van der Waals surface area contributed by atoms with E-state index in [0.29, 0.717) is 6.04 Å². The van der Waals surface area contributed by atoms with Crippen LogP contribution in [0.2, 0.25) is 0 Å². The van der Waals surface area contributed by atoms with Gasteiger partial charge in [-0.1, -0.05) is 12.1 Å². The molecule has 0 spiro atoms. The number of hydrogen-bond acceptors (Lipinski definition) is 3. The van der Waals surface area contributed by atoms with E-state index in [2.05, 4.69) is 37.4 Å². The van der Waals surface area contributed by atoms with E-state index in [1.54, 1.807) is 7.11 Å². The van der Waals surface area contributed by atoms with Gasteiger partial charge in [0.25, 0.3) is 0 Å². The number of benzene rings is 1. The zero-order valence-electron chi connectivity index (χ0n) is 12.0. The molecule has 0 fully saturated rings. The predicted octanol–water partition coefficient (Wildman–Crippen LogP) is 3.88. The second-order valence-corrected chi connectivity index (χ2v) is 6.09. The largest absolute Gasteiger partial charge is 0.497 e. The Bertz CT molecular complexity index is 530. The van der Waals surface area contributed by atoms with Crippen LogP contribution in [-0.2, 0) is 6.42 Å². The van der Waals surface area contributed by atoms with Gasteiger partial charge in [0.05, 0.1) is 7.11 Å². The molecule has 3 heteroatoms. The second-order valence-electron chi connectivity index (χ2n) is 4.80. The first-order valence-electron chi connectivity index (χ1n) is 6.51. The summed E-state index contributed by atoms with van der Waals surface area (Å²) in [6, 6.07) is 11.0. The van der Waals surface area contributed by atoms with Gasteiger partial charge in [0.1, 0.15) is 5.75 Å². The summed E-state index contributed by atoms with van der Waals surface area (Å²) in [5.41, 5.74) is 2.71. The average Bonchev–Trinajstić information content (AvgIpc) is 2.75. The van der Waals surface area contributed by atoms with Crippen molar-refractivity contribution in [2.75, 3.05) is 14.2 Å². The minimum atomic E-state index is 0.382. The highest BCUT2D eigenvalue weighted by molar-refractivity contribution is 7.12. The number of rotatable bonds is 5. The Morgan fingerprint density at radius 1 is 1.21 bits per heavy atom. The molecule has 19 heavy (non-hydrogen) atoms. The summed E-state index contributed by atoms with van der Waals surface area (Å²) in [4.78, 5) is 2.82. The number of ether oxygens (including phenoxy) is 1. The van der Waals surface area contributed by atoms with Gasteiger partial charge < -0.3 is 10.1 Å². The lowest BCUT2D eigenvalue weighted by atomic mass is 10.0. The summed E-state index contributed by atoms with van der Waals surface area (Å²) >= 11 is 1.89. The van der Waals surface area contributed by atoms with Crippen LogP contribution in [0.1, 0.15) is 26.9 Å². The average molecular weight is 275 g/mol. The van der Waals surface area contributed by atoms with E-state index < -0.39 is 0 Å². The molecular formula is C16H21NOS. The number of nitrogens with one attached hydrogen (secondary N) is 1. The molecule has 0 saturated heterocycles. The number of aryl methyl sites for hydroxylation is 2. The Kier molecular flexibility index (Phi) is 4.61. The predicted molar refractivity (Wildman–Crippen MR) is 82.3 cm³/mol. The van der Waals surface area contributed by atoms with Crippen LogP contribution in [0, 0.1) is 13.8 Å². The second kappa shape index (κ2) is 6.22. The van der Waals surface area contributed by atoms with E-state index in [1.165, 1.54) is 20.9 Å². The first kappa shape index (κ1) is 14.1. The maximum atomic E-state index is 5.19. The van der Waals surface area contributed by atoms with Crippen LogP contribution < -0.4 is 10.1 Å². The van der Waals surface area contributed by atoms with Crippen LogP contribution in [0.4, 0.5) is 0 Å². The normalized spacial score (nSPS) is 12.4. The molecule has 1 heterocycles. The van der Waals surface area contributed by atoms with Crippen LogP contribution in [-0.4, -0.2) is 14.2 Å². The molecule has 2 aromatic rings. The fraction of sp³-hybridized carbons (Fsp3) is 0.375. The van der Waals surface area contributed by atoms with Crippen molar-refractivity contribution in [3.8, 4) is 5.75 Å². The van der Waals surface area contributed by atoms with E-state index in [0.717, 1.165) is 12.2 Å². The Morgan fingerprint density at radius 2 is 1.89 bits per heavy atom. The number of likely N-dealkylation sites (N-methyl/N-ethyl adjacent to an activating group) is 1. The maximum absolute atomic E-state index is 5.19. The quantitative estimate of drug-likeness (QED) is 0.894. The van der Waals surface area contributed by atoms with Crippen LogP contribution >= 0.6 is 11.3 Å². The third kappa shape index (κ3) is 3.37. The summed E-state index contributed by atoms with van der Waals surface area (Å²) in [6.45, 7) is 4.36. The number of methoxy groups -OCH3 is 1. The highest BCUT2D eigenvalue weighted by Gasteiger charge is 2.15. The van der Waals surface area contributed by atoms with E-state index in [1.807, 2.05) is 30.5 Å². The third-order valence-electron chi connectivity index (χ3n) is 3.34. The summed E-state index contributed by atoms with van der Waals surface area (Å²) in [5.74, 6) is 0.910. The van der Waals surface area contributed by atoms with E-state index in [-0.39, 0.29) is 0 Å². The monoisotopic (exact) mass is 275 g/mol. The molecule has 1 aromatic heterocycles. The van der Waals surface area contributed by atoms with Gasteiger partial charge in [0.15, 0.2) is 0 Å². The first-order valence-corrected chi connectivity index (χ1v) is 7.32. The summed E-state index contributed by atoms with van der Waals surface area (Å²) in [5, 5.41) is 3.43. The molecule has 0 amide bonds. The molecule has 0 aliphatic heterocycles. The minimum absolute atomic E-state index is 0.382. The molecule has 102 valence electrons. The SMILES string of the molecule is CNC(Cc1ccc(OC)cc1)c1sc(C)cc1C. The van der Waals surface area contributed by atoms with E-state index >= 15 is 0 Å². The fourth-order valence-corrected chi connectivity index (χ4v) is 3.47. The standard InChI is InChI=1S/C16H21NOS/c1-11-9-12(2)19-16(11)15(17-3)10-13-5-7-14(18-4)8-6-13/h5-9,15,17H,10H2,1-4H3. The molecule has 0 aliphatic rings. The molecule has 2 nitrogen and oxygen atoms in total. The zero-order valence-corrected chi connectivity index (χ0v) is 12.8. The molecule has 0 aliphatic carbocycles. The smallest absolute Gasteiger partial charge is 0.118 e. The van der Waals surface area contributed by atoms with Gasteiger partial charge in [0, 0.05) is 15.8 Å². The molecule has 0 bridgehead atoms. The lowest BCUT2D eigenvalue weighted by Crippen LogP contribution is -2.18. The van der Waals surface area contributed by atoms with Crippen molar-refractivity contribution in [2.24, 2.45) is 0 Å². The van der Waals surface area contributed by atoms with Crippen molar-refractivity contribution in [3.05, 3.63) is 51.2 Å². The zero-order chi connectivity index (χ0) is 13.8. The van der Waals surface area contributed by atoms with Crippen molar-refractivity contribution < 1.29 is 4.74 Å². The topological polar surface area (TPSA) is 21.3 Å². The van der Waals surface area contributed by atoms with Crippen LogP contribution in [0.15, 0.2) is 30.3 Å².